The molecule has 0 aromatic rings. The summed E-state index contributed by atoms with van der Waals surface area (Å²) in [6.07, 6.45) is 5.59. The van der Waals surface area contributed by atoms with Gasteiger partial charge < -0.3 is 0 Å². The van der Waals surface area contributed by atoms with Crippen molar-refractivity contribution in [3.8, 4) is 0 Å². The summed E-state index contributed by atoms with van der Waals surface area (Å²) >= 11 is 5.52. The van der Waals surface area contributed by atoms with Crippen LogP contribution in [0.15, 0.2) is 0 Å². The van der Waals surface area contributed by atoms with Crippen LogP contribution in [0.5, 0.6) is 0 Å². The van der Waals surface area contributed by atoms with Gasteiger partial charge in [-0.1, -0.05) is 25.7 Å². The zero-order valence-electron chi connectivity index (χ0n) is 6.26. The SMILES string of the molecule is CC(C)CP1(=S)CCC1. The third-order valence-corrected chi connectivity index (χ3v) is 7.03. The lowest BCUT2D eigenvalue weighted by molar-refractivity contribution is 0.735. The van der Waals surface area contributed by atoms with Gasteiger partial charge in [-0.25, -0.2) is 0 Å². The van der Waals surface area contributed by atoms with Crippen molar-refractivity contribution in [3.63, 3.8) is 0 Å². The fourth-order valence-corrected chi connectivity index (χ4v) is 5.75. The summed E-state index contributed by atoms with van der Waals surface area (Å²) in [6.45, 7) is 4.57. The molecule has 0 radical (unpaired) electrons. The predicted molar refractivity (Wildman–Crippen MR) is 48.3 cm³/mol. The van der Waals surface area contributed by atoms with Crippen LogP contribution in [0.3, 0.4) is 0 Å². The molecule has 1 aliphatic rings. The van der Waals surface area contributed by atoms with Gasteiger partial charge in [0, 0.05) is 0 Å². The van der Waals surface area contributed by atoms with Gasteiger partial charge in [0.05, 0.1) is 0 Å². The maximum Gasteiger partial charge on any atom is -0.0211 e. The molecule has 0 amide bonds. The Balaban J connectivity index is 2.34. The third-order valence-electron chi connectivity index (χ3n) is 1.83. The first-order chi connectivity index (χ1) is 4.12. The standard InChI is InChI=1S/C7H15PS/c1-7(2)6-8(9)4-3-5-8/h7H,3-6H2,1-2H3. The Labute approximate surface area is 63.0 Å². The molecule has 1 saturated heterocycles. The van der Waals surface area contributed by atoms with E-state index in [2.05, 4.69) is 13.8 Å². The van der Waals surface area contributed by atoms with E-state index >= 15 is 0 Å². The number of hydrogen-bond acceptors (Lipinski definition) is 1. The molecular formula is C7H15PS. The molecule has 2 heteroatoms. The van der Waals surface area contributed by atoms with Crippen molar-refractivity contribution >= 4 is 17.8 Å². The predicted octanol–water partition coefficient (Wildman–Crippen LogP) is 2.53. The Morgan fingerprint density at radius 1 is 1.44 bits per heavy atom. The molecule has 0 N–H and O–H groups in total. The van der Waals surface area contributed by atoms with Crippen LogP contribution < -0.4 is 0 Å². The van der Waals surface area contributed by atoms with Crippen LogP contribution in [-0.2, 0) is 11.8 Å². The Hall–Kier alpha value is 0.650. The van der Waals surface area contributed by atoms with Crippen molar-refractivity contribution in [2.24, 2.45) is 5.92 Å². The summed E-state index contributed by atoms with van der Waals surface area (Å²) in [5.74, 6) is 0.844. The zero-order valence-corrected chi connectivity index (χ0v) is 7.97. The molecule has 54 valence electrons. The van der Waals surface area contributed by atoms with Crippen LogP contribution in [0.1, 0.15) is 20.3 Å². The van der Waals surface area contributed by atoms with Gasteiger partial charge in [-0.05, 0) is 36.9 Å². The molecule has 0 aromatic carbocycles. The van der Waals surface area contributed by atoms with E-state index in [-0.39, 0.29) is 0 Å². The van der Waals surface area contributed by atoms with E-state index in [0.717, 1.165) is 5.92 Å². The van der Waals surface area contributed by atoms with Gasteiger partial charge in [0.15, 0.2) is 0 Å². The Kier molecular flexibility index (Phi) is 2.34. The summed E-state index contributed by atoms with van der Waals surface area (Å²) in [5, 5.41) is 0. The van der Waals surface area contributed by atoms with E-state index in [1.54, 1.807) is 0 Å². The highest BCUT2D eigenvalue weighted by Crippen LogP contribution is 2.56. The second-order valence-electron chi connectivity index (χ2n) is 3.44. The average Bonchev–Trinajstić information content (AvgIpc) is 1.60. The molecule has 1 heterocycles. The summed E-state index contributed by atoms with van der Waals surface area (Å²) in [7, 11) is 0. The minimum absolute atomic E-state index is 0.716. The van der Waals surface area contributed by atoms with Crippen molar-refractivity contribution in [2.45, 2.75) is 20.3 Å². The Morgan fingerprint density at radius 2 is 2.00 bits per heavy atom. The Bertz CT molecular complexity index is 132. The van der Waals surface area contributed by atoms with Gasteiger partial charge in [0.2, 0.25) is 0 Å². The van der Waals surface area contributed by atoms with Crippen LogP contribution in [0.25, 0.3) is 0 Å². The van der Waals surface area contributed by atoms with Gasteiger partial charge in [-0.2, -0.15) is 0 Å². The van der Waals surface area contributed by atoms with Gasteiger partial charge in [-0.15, -0.1) is 0 Å². The first-order valence-electron chi connectivity index (χ1n) is 3.69. The molecule has 0 atom stereocenters. The minimum atomic E-state index is -0.716. The molecule has 0 aliphatic carbocycles. The highest BCUT2D eigenvalue weighted by atomic mass is 32.4. The second kappa shape index (κ2) is 2.72. The van der Waals surface area contributed by atoms with Crippen molar-refractivity contribution < 1.29 is 0 Å². The molecule has 0 nitrogen and oxygen atoms in total. The van der Waals surface area contributed by atoms with E-state index in [0.29, 0.717) is 0 Å². The quantitative estimate of drug-likeness (QED) is 0.562. The van der Waals surface area contributed by atoms with E-state index in [4.69, 9.17) is 11.8 Å². The maximum atomic E-state index is 5.52. The largest absolute Gasteiger partial charge is 0.0975 e. The number of rotatable bonds is 2. The van der Waals surface area contributed by atoms with Gasteiger partial charge >= 0.3 is 0 Å². The second-order valence-corrected chi connectivity index (χ2v) is 9.13. The fourth-order valence-electron chi connectivity index (χ4n) is 1.36. The van der Waals surface area contributed by atoms with E-state index < -0.39 is 6.04 Å². The minimum Gasteiger partial charge on any atom is -0.0975 e. The molecule has 1 fully saturated rings. The maximum absolute atomic E-state index is 5.52. The lowest BCUT2D eigenvalue weighted by Gasteiger charge is -2.32. The molecule has 0 bridgehead atoms. The van der Waals surface area contributed by atoms with Crippen LogP contribution in [-0.4, -0.2) is 18.5 Å². The molecular weight excluding hydrogens is 147 g/mol. The molecule has 0 spiro atoms. The van der Waals surface area contributed by atoms with E-state index in [1.807, 2.05) is 0 Å². The van der Waals surface area contributed by atoms with E-state index in [9.17, 15) is 0 Å². The molecule has 0 unspecified atom stereocenters. The van der Waals surface area contributed by atoms with Crippen molar-refractivity contribution in [3.05, 3.63) is 0 Å². The highest BCUT2D eigenvalue weighted by Gasteiger charge is 2.25. The summed E-state index contributed by atoms with van der Waals surface area (Å²) in [4.78, 5) is 0. The van der Waals surface area contributed by atoms with Gasteiger partial charge in [0.1, 0.15) is 0 Å². The van der Waals surface area contributed by atoms with Crippen LogP contribution in [0, 0.1) is 5.92 Å². The van der Waals surface area contributed by atoms with Crippen molar-refractivity contribution in [1.82, 2.24) is 0 Å². The van der Waals surface area contributed by atoms with Crippen LogP contribution >= 0.6 is 6.04 Å². The smallest absolute Gasteiger partial charge is 0.0211 e. The monoisotopic (exact) mass is 162 g/mol. The van der Waals surface area contributed by atoms with Gasteiger partial charge in [0.25, 0.3) is 0 Å². The molecule has 0 aromatic heterocycles. The van der Waals surface area contributed by atoms with Crippen LogP contribution in [0.4, 0.5) is 0 Å². The van der Waals surface area contributed by atoms with Crippen molar-refractivity contribution in [1.29, 1.82) is 0 Å². The topological polar surface area (TPSA) is 0 Å². The number of hydrogen-bond donors (Lipinski definition) is 0. The summed E-state index contributed by atoms with van der Waals surface area (Å²) in [5.41, 5.74) is 0. The van der Waals surface area contributed by atoms with Crippen molar-refractivity contribution in [2.75, 3.05) is 18.5 Å². The summed E-state index contributed by atoms with van der Waals surface area (Å²) < 4.78 is 0. The molecule has 9 heavy (non-hydrogen) atoms. The molecule has 1 aliphatic heterocycles. The zero-order chi connectivity index (χ0) is 6.91. The normalized spacial score (nSPS) is 23.9. The third kappa shape index (κ3) is 2.05. The summed E-state index contributed by atoms with van der Waals surface area (Å²) in [6, 6.07) is -0.716. The molecule has 1 rings (SSSR count). The lowest BCUT2D eigenvalue weighted by atomic mass is 10.3. The van der Waals surface area contributed by atoms with Crippen LogP contribution in [0.2, 0.25) is 0 Å². The first-order valence-corrected chi connectivity index (χ1v) is 7.05. The Morgan fingerprint density at radius 3 is 2.11 bits per heavy atom. The van der Waals surface area contributed by atoms with Gasteiger partial charge in [-0.3, -0.25) is 0 Å². The fraction of sp³-hybridized carbons (Fsp3) is 1.00. The first kappa shape index (κ1) is 7.75. The molecule has 0 saturated carbocycles. The average molecular weight is 162 g/mol. The van der Waals surface area contributed by atoms with E-state index in [1.165, 1.54) is 24.9 Å². The highest BCUT2D eigenvalue weighted by molar-refractivity contribution is 8.15. The lowest BCUT2D eigenvalue weighted by Crippen LogP contribution is -2.14.